The van der Waals surface area contributed by atoms with Crippen molar-refractivity contribution in [1.29, 1.82) is 0 Å². The summed E-state index contributed by atoms with van der Waals surface area (Å²) in [6.07, 6.45) is 0. The normalized spacial score (nSPS) is 17.2. The molecule has 2 heterocycles. The smallest absolute Gasteiger partial charge is 0.240 e. The van der Waals surface area contributed by atoms with Crippen LogP contribution in [-0.4, -0.2) is 26.0 Å². The molecule has 0 saturated heterocycles. The Kier molecular flexibility index (Phi) is 5.60. The number of carbonyl (C=O) groups is 1. The second kappa shape index (κ2) is 8.71. The number of aryl methyl sites for hydroxylation is 2. The lowest BCUT2D eigenvalue weighted by Crippen LogP contribution is -2.41. The lowest BCUT2D eigenvalue weighted by molar-refractivity contribution is -0.116. The van der Waals surface area contributed by atoms with Gasteiger partial charge >= 0.3 is 0 Å². The van der Waals surface area contributed by atoms with Gasteiger partial charge in [0, 0.05) is 11.3 Å². The number of rotatable bonds is 4. The number of nitrogens with zero attached hydrogens (tertiary/aromatic N) is 3. The molecule has 1 aliphatic rings. The first-order chi connectivity index (χ1) is 16.0. The van der Waals surface area contributed by atoms with Gasteiger partial charge in [0.2, 0.25) is 11.1 Å². The number of nitrogens with one attached hydrogen (secondary N) is 2. The summed E-state index contributed by atoms with van der Waals surface area (Å²) in [4.78, 5) is 13.4. The predicted molar refractivity (Wildman–Crippen MR) is 128 cm³/mol. The van der Waals surface area contributed by atoms with Gasteiger partial charge in [-0.2, -0.15) is 0 Å². The van der Waals surface area contributed by atoms with Crippen molar-refractivity contribution in [3.8, 4) is 11.4 Å². The highest BCUT2D eigenvalue weighted by Crippen LogP contribution is 2.39. The van der Waals surface area contributed by atoms with Crippen LogP contribution in [0.2, 0.25) is 0 Å². The largest absolute Gasteiger partial charge is 0.325 e. The third-order valence-corrected chi connectivity index (χ3v) is 6.81. The van der Waals surface area contributed by atoms with Crippen LogP contribution in [0.3, 0.4) is 0 Å². The number of hydrogen-bond acceptors (Lipinski definition) is 5. The van der Waals surface area contributed by atoms with Crippen LogP contribution in [0.15, 0.2) is 78.0 Å². The molecule has 2 atom stereocenters. The van der Waals surface area contributed by atoms with Gasteiger partial charge in [0.15, 0.2) is 5.82 Å². The fourth-order valence-electron chi connectivity index (χ4n) is 3.91. The highest BCUT2D eigenvalue weighted by atomic mass is 32.2. The summed E-state index contributed by atoms with van der Waals surface area (Å²) in [6, 6.07) is 21.4. The van der Waals surface area contributed by atoms with Gasteiger partial charge in [-0.25, -0.2) is 9.07 Å². The van der Waals surface area contributed by atoms with Crippen LogP contribution in [-0.2, 0) is 4.79 Å². The molecule has 0 aliphatic carbocycles. The zero-order valence-corrected chi connectivity index (χ0v) is 18.9. The van der Waals surface area contributed by atoms with Crippen molar-refractivity contribution < 1.29 is 9.18 Å². The Balaban J connectivity index is 1.51. The molecule has 0 radical (unpaired) electrons. The number of anilines is 1. The van der Waals surface area contributed by atoms with E-state index in [0.717, 1.165) is 27.9 Å². The first-order valence-corrected chi connectivity index (χ1v) is 11.5. The lowest BCUT2D eigenvalue weighted by atomic mass is 10.0. The fourth-order valence-corrected chi connectivity index (χ4v) is 4.99. The van der Waals surface area contributed by atoms with Gasteiger partial charge in [0.25, 0.3) is 0 Å². The molecule has 5 rings (SSSR count). The molecule has 4 aromatic rings. The molecule has 0 spiro atoms. The molecule has 0 unspecified atom stereocenters. The van der Waals surface area contributed by atoms with Crippen molar-refractivity contribution in [1.82, 2.24) is 14.9 Å². The van der Waals surface area contributed by atoms with Crippen LogP contribution in [0, 0.1) is 19.7 Å². The molecular formula is C25H22FN5OS. The predicted octanol–water partition coefficient (Wildman–Crippen LogP) is 5.10. The topological polar surface area (TPSA) is 71.8 Å². The van der Waals surface area contributed by atoms with Crippen LogP contribution in [0.1, 0.15) is 22.7 Å². The molecular weight excluding hydrogens is 437 g/mol. The van der Waals surface area contributed by atoms with Gasteiger partial charge in [-0.3, -0.25) is 4.79 Å². The minimum atomic E-state index is -0.545. The maximum absolute atomic E-state index is 13.6. The number of benzene rings is 3. The Morgan fingerprint density at radius 3 is 2.52 bits per heavy atom. The molecule has 166 valence electrons. The molecule has 0 saturated carbocycles. The third-order valence-electron chi connectivity index (χ3n) is 5.60. The maximum atomic E-state index is 13.6. The van der Waals surface area contributed by atoms with E-state index in [9.17, 15) is 9.18 Å². The van der Waals surface area contributed by atoms with Crippen LogP contribution in [0.25, 0.3) is 11.4 Å². The molecule has 0 fully saturated rings. The van der Waals surface area contributed by atoms with Gasteiger partial charge < -0.3 is 10.7 Å². The minimum absolute atomic E-state index is 0.163. The number of carbonyl (C=O) groups excluding carboxylic acids is 1. The van der Waals surface area contributed by atoms with Crippen molar-refractivity contribution in [2.75, 3.05) is 10.7 Å². The van der Waals surface area contributed by atoms with Gasteiger partial charge in [0.05, 0.1) is 6.04 Å². The minimum Gasteiger partial charge on any atom is -0.325 e. The van der Waals surface area contributed by atoms with Gasteiger partial charge in [0.1, 0.15) is 11.1 Å². The molecule has 6 nitrogen and oxygen atoms in total. The number of hydrogen-bond donors (Lipinski definition) is 2. The number of aromatic nitrogens is 3. The average molecular weight is 460 g/mol. The molecule has 33 heavy (non-hydrogen) atoms. The van der Waals surface area contributed by atoms with E-state index in [1.165, 1.54) is 23.9 Å². The summed E-state index contributed by atoms with van der Waals surface area (Å²) in [5.74, 6) is 0.163. The fraction of sp³-hybridized carbons (Fsp3) is 0.160. The first kappa shape index (κ1) is 21.2. The summed E-state index contributed by atoms with van der Waals surface area (Å²) in [7, 11) is 0. The van der Waals surface area contributed by atoms with Crippen molar-refractivity contribution >= 4 is 23.4 Å². The van der Waals surface area contributed by atoms with E-state index in [1.807, 2.05) is 62.4 Å². The van der Waals surface area contributed by atoms with E-state index in [-0.39, 0.29) is 11.7 Å². The SMILES string of the molecule is Cc1ccc(NC(=O)[C@H]2Sc3nnc(-c4ccccc4)n3N[C@H]2c2ccc(F)cc2)c(C)c1. The van der Waals surface area contributed by atoms with Gasteiger partial charge in [-0.1, -0.05) is 71.9 Å². The van der Waals surface area contributed by atoms with E-state index in [4.69, 9.17) is 0 Å². The number of fused-ring (bicyclic) bond motifs is 1. The number of amides is 1. The van der Waals surface area contributed by atoms with Crippen molar-refractivity contribution in [3.63, 3.8) is 0 Å². The van der Waals surface area contributed by atoms with Crippen LogP contribution >= 0.6 is 11.8 Å². The Bertz CT molecular complexity index is 1310. The van der Waals surface area contributed by atoms with Crippen molar-refractivity contribution in [3.05, 3.63) is 95.3 Å². The van der Waals surface area contributed by atoms with Crippen molar-refractivity contribution in [2.24, 2.45) is 0 Å². The quantitative estimate of drug-likeness (QED) is 0.444. The van der Waals surface area contributed by atoms with Crippen LogP contribution in [0.4, 0.5) is 10.1 Å². The maximum Gasteiger partial charge on any atom is 0.240 e. The van der Waals surface area contributed by atoms with Gasteiger partial charge in [-0.05, 0) is 43.2 Å². The van der Waals surface area contributed by atoms with Gasteiger partial charge in [-0.15, -0.1) is 10.2 Å². The second-order valence-electron chi connectivity index (χ2n) is 8.01. The molecule has 1 aromatic heterocycles. The third kappa shape index (κ3) is 4.21. The summed E-state index contributed by atoms with van der Waals surface area (Å²) in [6.45, 7) is 3.98. The Labute approximate surface area is 195 Å². The Morgan fingerprint density at radius 2 is 1.79 bits per heavy atom. The summed E-state index contributed by atoms with van der Waals surface area (Å²) < 4.78 is 15.4. The standard InChI is InChI=1S/C25H22FN5OS/c1-15-8-13-20(16(2)14-15)27-24(32)22-21(17-9-11-19(26)12-10-17)30-31-23(28-29-25(31)33-22)18-6-4-3-5-7-18/h3-14,21-22,30H,1-2H3,(H,27,32)/t21-,22-/m0/s1. The first-order valence-electron chi connectivity index (χ1n) is 10.6. The van der Waals surface area contributed by atoms with Crippen LogP contribution in [0.5, 0.6) is 0 Å². The van der Waals surface area contributed by atoms with Crippen LogP contribution < -0.4 is 10.7 Å². The highest BCUT2D eigenvalue weighted by Gasteiger charge is 2.38. The summed E-state index contributed by atoms with van der Waals surface area (Å²) >= 11 is 1.34. The van der Waals surface area contributed by atoms with E-state index in [2.05, 4.69) is 20.9 Å². The van der Waals surface area contributed by atoms with Crippen molar-refractivity contribution in [2.45, 2.75) is 30.3 Å². The zero-order chi connectivity index (χ0) is 22.9. The molecule has 8 heteroatoms. The van der Waals surface area contributed by atoms with E-state index < -0.39 is 11.3 Å². The lowest BCUT2D eigenvalue weighted by Gasteiger charge is -2.33. The monoisotopic (exact) mass is 459 g/mol. The highest BCUT2D eigenvalue weighted by molar-refractivity contribution is 8.00. The number of halogens is 1. The molecule has 2 N–H and O–H groups in total. The van der Waals surface area contributed by atoms with E-state index in [0.29, 0.717) is 11.0 Å². The Morgan fingerprint density at radius 1 is 1.03 bits per heavy atom. The molecule has 0 bridgehead atoms. The second-order valence-corrected chi connectivity index (χ2v) is 9.12. The molecule has 3 aromatic carbocycles. The summed E-state index contributed by atoms with van der Waals surface area (Å²) in [5.41, 5.74) is 7.99. The molecule has 1 amide bonds. The zero-order valence-electron chi connectivity index (χ0n) is 18.1. The Hall–Kier alpha value is -3.65. The van der Waals surface area contributed by atoms with E-state index in [1.54, 1.807) is 16.8 Å². The van der Waals surface area contributed by atoms with E-state index >= 15 is 0 Å². The average Bonchev–Trinajstić information content (AvgIpc) is 3.24. The summed E-state index contributed by atoms with van der Waals surface area (Å²) in [5, 5.41) is 11.8. The molecule has 1 aliphatic heterocycles. The number of thioether (sulfide) groups is 1.